The molecule has 0 saturated carbocycles. The van der Waals surface area contributed by atoms with Gasteiger partial charge in [0.2, 0.25) is 0 Å². The van der Waals surface area contributed by atoms with Crippen LogP contribution in [-0.4, -0.2) is 32.4 Å². The predicted molar refractivity (Wildman–Crippen MR) is 152 cm³/mol. The van der Waals surface area contributed by atoms with Crippen LogP contribution >= 0.6 is 0 Å². The van der Waals surface area contributed by atoms with E-state index >= 15 is 0 Å². The van der Waals surface area contributed by atoms with Crippen LogP contribution in [0, 0.1) is 0 Å². The fraction of sp³-hybridized carbons (Fsp3) is 1.00. The molecular weight excluding hydrogens is 511 g/mol. The van der Waals surface area contributed by atoms with Crippen LogP contribution in [-0.2, 0) is 6.15 Å². The average molecular weight is 576 g/mol. The van der Waals surface area contributed by atoms with Gasteiger partial charge in [0.1, 0.15) is 0 Å². The third-order valence-electron chi connectivity index (χ3n) is 7.05. The molecule has 0 aromatic heterocycles. The molecular formula is C30H64O2Sn. The fourth-order valence-electron chi connectivity index (χ4n) is 4.73. The Bertz CT molecular complexity index is 292. The maximum atomic E-state index is 6.88. The molecule has 0 spiro atoms. The topological polar surface area (TPSA) is 18.5 Å². The third-order valence-corrected chi connectivity index (χ3v) is 17.6. The summed E-state index contributed by atoms with van der Waals surface area (Å²) in [6.07, 6.45) is 29.8. The Balaban J connectivity index is 4.74. The van der Waals surface area contributed by atoms with Gasteiger partial charge in [-0.25, -0.2) is 0 Å². The molecule has 0 aliphatic heterocycles. The van der Waals surface area contributed by atoms with Gasteiger partial charge in [-0.1, -0.05) is 0 Å². The zero-order valence-corrected chi connectivity index (χ0v) is 26.6. The Morgan fingerprint density at radius 3 is 0.939 bits per heavy atom. The van der Waals surface area contributed by atoms with E-state index in [4.69, 9.17) is 6.15 Å². The Kier molecular flexibility index (Phi) is 27.9. The van der Waals surface area contributed by atoms with Crippen molar-refractivity contribution in [2.24, 2.45) is 0 Å². The molecule has 0 aromatic rings. The maximum absolute atomic E-state index is 6.88. The van der Waals surface area contributed by atoms with Crippen LogP contribution in [0.5, 0.6) is 0 Å². The molecule has 0 aliphatic rings. The van der Waals surface area contributed by atoms with Crippen molar-refractivity contribution in [3.05, 3.63) is 0 Å². The molecule has 0 heterocycles. The van der Waals surface area contributed by atoms with E-state index in [1.807, 2.05) is 0 Å². The van der Waals surface area contributed by atoms with Gasteiger partial charge in [-0.05, 0) is 0 Å². The van der Waals surface area contributed by atoms with Gasteiger partial charge in [-0.15, -0.1) is 0 Å². The first-order valence-corrected chi connectivity index (χ1v) is 21.9. The minimum atomic E-state index is -2.97. The molecule has 0 bridgehead atoms. The van der Waals surface area contributed by atoms with Crippen molar-refractivity contribution in [1.29, 1.82) is 0 Å². The molecule has 0 aromatic carbocycles. The summed E-state index contributed by atoms with van der Waals surface area (Å²) in [6.45, 7) is 11.2. The van der Waals surface area contributed by atoms with Crippen molar-refractivity contribution in [2.75, 3.05) is 13.2 Å². The van der Waals surface area contributed by atoms with Gasteiger partial charge in [0.25, 0.3) is 0 Å². The fourth-order valence-corrected chi connectivity index (χ4v) is 14.8. The van der Waals surface area contributed by atoms with Crippen molar-refractivity contribution < 1.29 is 6.15 Å². The summed E-state index contributed by atoms with van der Waals surface area (Å²) >= 11 is -2.97. The van der Waals surface area contributed by atoms with Gasteiger partial charge in [0.05, 0.1) is 0 Å². The summed E-state index contributed by atoms with van der Waals surface area (Å²) < 4.78 is 16.4. The summed E-state index contributed by atoms with van der Waals surface area (Å²) in [7, 11) is 0. The van der Waals surface area contributed by atoms with E-state index in [0.717, 1.165) is 13.2 Å². The van der Waals surface area contributed by atoms with Crippen molar-refractivity contribution >= 4 is 19.2 Å². The van der Waals surface area contributed by atoms with Crippen LogP contribution in [0.4, 0.5) is 0 Å². The van der Waals surface area contributed by atoms with E-state index in [1.54, 1.807) is 0 Å². The Labute approximate surface area is 215 Å². The van der Waals surface area contributed by atoms with Crippen LogP contribution in [0.3, 0.4) is 0 Å². The van der Waals surface area contributed by atoms with Gasteiger partial charge in [-0.3, -0.25) is 0 Å². The molecule has 0 aliphatic carbocycles. The molecule has 200 valence electrons. The van der Waals surface area contributed by atoms with E-state index in [0.29, 0.717) is 0 Å². The minimum absolute atomic E-state index is 0.974. The van der Waals surface area contributed by atoms with Crippen molar-refractivity contribution in [3.63, 3.8) is 0 Å². The van der Waals surface area contributed by atoms with E-state index in [2.05, 4.69) is 27.7 Å². The first kappa shape index (κ1) is 33.7. The van der Waals surface area contributed by atoms with Gasteiger partial charge < -0.3 is 0 Å². The van der Waals surface area contributed by atoms with Crippen LogP contribution in [0.1, 0.15) is 169 Å². The van der Waals surface area contributed by atoms with E-state index in [9.17, 15) is 0 Å². The number of hydrogen-bond donors (Lipinski definition) is 0. The zero-order valence-electron chi connectivity index (χ0n) is 23.7. The van der Waals surface area contributed by atoms with Crippen molar-refractivity contribution in [3.8, 4) is 0 Å². The number of unbranched alkanes of at least 4 members (excludes halogenated alkanes) is 18. The van der Waals surface area contributed by atoms with Crippen LogP contribution in [0.15, 0.2) is 0 Å². The molecule has 2 nitrogen and oxygen atoms in total. The summed E-state index contributed by atoms with van der Waals surface area (Å²) in [5.74, 6) is 0. The molecule has 0 radical (unpaired) electrons. The average Bonchev–Trinajstić information content (AvgIpc) is 2.83. The molecule has 3 heteroatoms. The van der Waals surface area contributed by atoms with Gasteiger partial charge in [0, 0.05) is 0 Å². The quantitative estimate of drug-likeness (QED) is 0.0683. The number of hydrogen-bond acceptors (Lipinski definition) is 2. The molecule has 0 N–H and O–H groups in total. The predicted octanol–water partition coefficient (Wildman–Crippen LogP) is 11.1. The van der Waals surface area contributed by atoms with Crippen molar-refractivity contribution in [2.45, 2.75) is 178 Å². The Morgan fingerprint density at radius 1 is 0.333 bits per heavy atom. The molecule has 0 amide bonds. The second-order valence-electron chi connectivity index (χ2n) is 10.5. The van der Waals surface area contributed by atoms with Gasteiger partial charge in [-0.2, -0.15) is 0 Å². The summed E-state index contributed by atoms with van der Waals surface area (Å²) in [4.78, 5) is 0. The molecule has 0 saturated heterocycles. The van der Waals surface area contributed by atoms with Crippen molar-refractivity contribution in [1.82, 2.24) is 0 Å². The molecule has 0 unspecified atom stereocenters. The zero-order chi connectivity index (χ0) is 24.3. The molecule has 0 atom stereocenters. The Morgan fingerprint density at radius 2 is 0.606 bits per heavy atom. The summed E-state index contributed by atoms with van der Waals surface area (Å²) in [5.41, 5.74) is 0. The second-order valence-corrected chi connectivity index (χ2v) is 20.2. The van der Waals surface area contributed by atoms with Crippen LogP contribution < -0.4 is 0 Å². The molecule has 0 rings (SSSR count). The van der Waals surface area contributed by atoms with Gasteiger partial charge in [0.15, 0.2) is 0 Å². The SMILES string of the molecule is CCCCCCC[CH2][Sn]([CH2]CCCCCCC)([O]CCCCCCC)[O]CCCCCCC. The molecule has 33 heavy (non-hydrogen) atoms. The normalized spacial score (nSPS) is 12.0. The molecule has 0 fully saturated rings. The van der Waals surface area contributed by atoms with Crippen LogP contribution in [0.25, 0.3) is 0 Å². The monoisotopic (exact) mass is 576 g/mol. The first-order valence-electron chi connectivity index (χ1n) is 15.5. The van der Waals surface area contributed by atoms with Crippen LogP contribution in [0.2, 0.25) is 8.87 Å². The number of rotatable bonds is 28. The van der Waals surface area contributed by atoms with E-state index in [-0.39, 0.29) is 0 Å². The summed E-state index contributed by atoms with van der Waals surface area (Å²) in [6, 6.07) is 0. The third kappa shape index (κ3) is 22.9. The Hall–Kier alpha value is 0.719. The second kappa shape index (κ2) is 27.3. The van der Waals surface area contributed by atoms with E-state index in [1.165, 1.54) is 150 Å². The first-order chi connectivity index (χ1) is 16.2. The van der Waals surface area contributed by atoms with Gasteiger partial charge >= 0.3 is 216 Å². The van der Waals surface area contributed by atoms with E-state index < -0.39 is 19.2 Å². The summed E-state index contributed by atoms with van der Waals surface area (Å²) in [5, 5.41) is 0. The standard InChI is InChI=1S/2C8H17.2C7H15O.Sn/c2*1-3-5-7-8-6-4-2;2*1-2-3-4-5-6-7-8;/h2*1,3-8H2,2H3;2*2-7H2,1H3;/q;;2*-1;+2.